The van der Waals surface area contributed by atoms with Crippen molar-refractivity contribution in [3.63, 3.8) is 0 Å². The molecule has 0 radical (unpaired) electrons. The summed E-state index contributed by atoms with van der Waals surface area (Å²) in [6, 6.07) is 7.70. The lowest BCUT2D eigenvalue weighted by Crippen LogP contribution is -2.33. The minimum Gasteiger partial charge on any atom is -0.497 e. The van der Waals surface area contributed by atoms with Gasteiger partial charge < -0.3 is 15.5 Å². The summed E-state index contributed by atoms with van der Waals surface area (Å²) in [6.45, 7) is 8.92. The number of ether oxygens (including phenoxy) is 1. The van der Waals surface area contributed by atoms with Crippen molar-refractivity contribution in [2.45, 2.75) is 25.4 Å². The first kappa shape index (κ1) is 19.8. The number of methoxy groups -OCH3 is 1. The largest absolute Gasteiger partial charge is 0.497 e. The van der Waals surface area contributed by atoms with Crippen LogP contribution in [0.25, 0.3) is 0 Å². The Morgan fingerprint density at radius 3 is 2.62 bits per heavy atom. The predicted molar refractivity (Wildman–Crippen MR) is 104 cm³/mol. The van der Waals surface area contributed by atoms with Crippen LogP contribution in [0.3, 0.4) is 0 Å². The first-order valence-corrected chi connectivity index (χ1v) is 9.30. The predicted octanol–water partition coefficient (Wildman–Crippen LogP) is 2.11. The van der Waals surface area contributed by atoms with Crippen molar-refractivity contribution < 1.29 is 9.53 Å². The van der Waals surface area contributed by atoms with E-state index in [1.165, 1.54) is 16.4 Å². The fraction of sp³-hybridized carbons (Fsp3) is 0.389. The number of benzene rings is 1. The van der Waals surface area contributed by atoms with Gasteiger partial charge >= 0.3 is 0 Å². The van der Waals surface area contributed by atoms with Crippen LogP contribution in [0.5, 0.6) is 5.75 Å². The third-order valence-electron chi connectivity index (χ3n) is 3.78. The molecule has 26 heavy (non-hydrogen) atoms. The molecule has 2 rings (SSSR count). The van der Waals surface area contributed by atoms with Crippen molar-refractivity contribution in [2.24, 2.45) is 0 Å². The standard InChI is InChI=1S/C18H25N5O2S/c1-5-22(11-13(2)3)17(24)12-26-18-21-20-16(23(18)19)10-14-6-8-15(25-4)9-7-14/h6-9H,2,5,10-12,19H2,1,3-4H3. The smallest absolute Gasteiger partial charge is 0.233 e. The molecule has 0 aliphatic heterocycles. The van der Waals surface area contributed by atoms with Gasteiger partial charge in [0.2, 0.25) is 11.1 Å². The van der Waals surface area contributed by atoms with Crippen LogP contribution in [0.2, 0.25) is 0 Å². The van der Waals surface area contributed by atoms with E-state index in [1.54, 1.807) is 12.0 Å². The average Bonchev–Trinajstić information content (AvgIpc) is 2.98. The maximum Gasteiger partial charge on any atom is 0.233 e. The van der Waals surface area contributed by atoms with Gasteiger partial charge in [0.15, 0.2) is 5.82 Å². The number of carbonyl (C=O) groups excluding carboxylic acids is 1. The van der Waals surface area contributed by atoms with E-state index < -0.39 is 0 Å². The molecule has 1 aromatic heterocycles. The van der Waals surface area contributed by atoms with Gasteiger partial charge in [0.25, 0.3) is 0 Å². The molecule has 0 saturated carbocycles. The monoisotopic (exact) mass is 375 g/mol. The van der Waals surface area contributed by atoms with Crippen LogP contribution in [0.15, 0.2) is 41.6 Å². The van der Waals surface area contributed by atoms with Crippen molar-refractivity contribution in [1.82, 2.24) is 19.8 Å². The van der Waals surface area contributed by atoms with Gasteiger partial charge in [-0.15, -0.1) is 10.2 Å². The van der Waals surface area contributed by atoms with Crippen LogP contribution >= 0.6 is 11.8 Å². The molecule has 0 aliphatic rings. The summed E-state index contributed by atoms with van der Waals surface area (Å²) in [6.07, 6.45) is 0.554. The molecule has 0 unspecified atom stereocenters. The molecule has 1 aromatic carbocycles. The van der Waals surface area contributed by atoms with E-state index in [9.17, 15) is 4.79 Å². The zero-order valence-corrected chi connectivity index (χ0v) is 16.3. The zero-order chi connectivity index (χ0) is 19.1. The molecule has 0 saturated heterocycles. The van der Waals surface area contributed by atoms with E-state index in [1.807, 2.05) is 38.1 Å². The summed E-state index contributed by atoms with van der Waals surface area (Å²) < 4.78 is 6.59. The molecule has 8 heteroatoms. The zero-order valence-electron chi connectivity index (χ0n) is 15.4. The Bertz CT molecular complexity index is 757. The Balaban J connectivity index is 1.97. The summed E-state index contributed by atoms with van der Waals surface area (Å²) >= 11 is 1.29. The number of amides is 1. The number of nitrogens with two attached hydrogens (primary N) is 1. The molecule has 1 amide bonds. The number of carbonyl (C=O) groups is 1. The number of nitrogen functional groups attached to an aromatic ring is 1. The Hall–Kier alpha value is -2.48. The molecule has 0 spiro atoms. The van der Waals surface area contributed by atoms with Crippen molar-refractivity contribution in [1.29, 1.82) is 0 Å². The number of thioether (sulfide) groups is 1. The normalized spacial score (nSPS) is 10.6. The summed E-state index contributed by atoms with van der Waals surface area (Å²) in [4.78, 5) is 14.1. The molecular weight excluding hydrogens is 350 g/mol. The highest BCUT2D eigenvalue weighted by atomic mass is 32.2. The molecule has 1 heterocycles. The van der Waals surface area contributed by atoms with Gasteiger partial charge in [-0.05, 0) is 31.5 Å². The second-order valence-electron chi connectivity index (χ2n) is 5.95. The van der Waals surface area contributed by atoms with E-state index in [2.05, 4.69) is 16.8 Å². The summed E-state index contributed by atoms with van der Waals surface area (Å²) in [5, 5.41) is 8.76. The highest BCUT2D eigenvalue weighted by molar-refractivity contribution is 7.99. The minimum absolute atomic E-state index is 0.0280. The molecule has 0 atom stereocenters. The molecule has 140 valence electrons. The van der Waals surface area contributed by atoms with Crippen LogP contribution in [0.1, 0.15) is 25.2 Å². The Kier molecular flexibility index (Phi) is 7.08. The van der Waals surface area contributed by atoms with Crippen molar-refractivity contribution in [2.75, 3.05) is 31.8 Å². The van der Waals surface area contributed by atoms with E-state index >= 15 is 0 Å². The lowest BCUT2D eigenvalue weighted by molar-refractivity contribution is -0.127. The van der Waals surface area contributed by atoms with Crippen molar-refractivity contribution in [3.8, 4) is 5.75 Å². The first-order valence-electron chi connectivity index (χ1n) is 8.31. The molecule has 0 bridgehead atoms. The SMILES string of the molecule is C=C(C)CN(CC)C(=O)CSc1nnc(Cc2ccc(OC)cc2)n1N. The Labute approximate surface area is 158 Å². The van der Waals surface area contributed by atoms with Gasteiger partial charge in [-0.3, -0.25) is 4.79 Å². The van der Waals surface area contributed by atoms with Gasteiger partial charge in [0.1, 0.15) is 5.75 Å². The fourth-order valence-electron chi connectivity index (χ4n) is 2.37. The Morgan fingerprint density at radius 2 is 2.04 bits per heavy atom. The number of likely N-dealkylation sites (N-methyl/N-ethyl adjacent to an activating group) is 1. The molecule has 2 aromatic rings. The third kappa shape index (κ3) is 5.26. The lowest BCUT2D eigenvalue weighted by atomic mass is 10.1. The average molecular weight is 375 g/mol. The maximum absolute atomic E-state index is 12.3. The van der Waals surface area contributed by atoms with Crippen LogP contribution in [0.4, 0.5) is 0 Å². The highest BCUT2D eigenvalue weighted by Gasteiger charge is 2.16. The number of hydrogen-bond acceptors (Lipinski definition) is 6. The summed E-state index contributed by atoms with van der Waals surface area (Å²) in [7, 11) is 1.63. The second-order valence-corrected chi connectivity index (χ2v) is 6.89. The second kappa shape index (κ2) is 9.28. The van der Waals surface area contributed by atoms with Gasteiger partial charge in [-0.1, -0.05) is 36.0 Å². The summed E-state index contributed by atoms with van der Waals surface area (Å²) in [5.41, 5.74) is 2.00. The van der Waals surface area contributed by atoms with Crippen molar-refractivity contribution >= 4 is 17.7 Å². The molecule has 2 N–H and O–H groups in total. The summed E-state index contributed by atoms with van der Waals surface area (Å²) in [5.74, 6) is 7.82. The van der Waals surface area contributed by atoms with Crippen LogP contribution in [-0.4, -0.2) is 51.6 Å². The number of aromatic nitrogens is 3. The highest BCUT2D eigenvalue weighted by Crippen LogP contribution is 2.18. The van der Waals surface area contributed by atoms with Crippen LogP contribution in [0, 0.1) is 0 Å². The molecular formula is C18H25N5O2S. The number of nitrogens with zero attached hydrogens (tertiary/aromatic N) is 4. The number of hydrogen-bond donors (Lipinski definition) is 1. The topological polar surface area (TPSA) is 86.3 Å². The number of rotatable bonds is 9. The first-order chi connectivity index (χ1) is 12.4. The quantitative estimate of drug-likeness (QED) is 0.410. The third-order valence-corrected chi connectivity index (χ3v) is 4.70. The van der Waals surface area contributed by atoms with E-state index in [4.69, 9.17) is 10.6 Å². The minimum atomic E-state index is 0.0280. The van der Waals surface area contributed by atoms with Gasteiger partial charge in [0.05, 0.1) is 12.9 Å². The van der Waals surface area contributed by atoms with Gasteiger partial charge in [-0.25, -0.2) is 4.68 Å². The van der Waals surface area contributed by atoms with E-state index in [0.29, 0.717) is 30.5 Å². The maximum atomic E-state index is 12.3. The van der Waals surface area contributed by atoms with E-state index in [0.717, 1.165) is 16.9 Å². The molecule has 0 fully saturated rings. The van der Waals surface area contributed by atoms with Gasteiger partial charge in [-0.2, -0.15) is 0 Å². The van der Waals surface area contributed by atoms with Crippen LogP contribution in [-0.2, 0) is 11.2 Å². The molecule has 0 aliphatic carbocycles. The lowest BCUT2D eigenvalue weighted by Gasteiger charge is -2.20. The Morgan fingerprint density at radius 1 is 1.35 bits per heavy atom. The van der Waals surface area contributed by atoms with Crippen LogP contribution < -0.4 is 10.6 Å². The van der Waals surface area contributed by atoms with E-state index in [-0.39, 0.29) is 11.7 Å². The van der Waals surface area contributed by atoms with Gasteiger partial charge in [0, 0.05) is 19.5 Å². The fourth-order valence-corrected chi connectivity index (χ4v) is 3.15. The van der Waals surface area contributed by atoms with Crippen molar-refractivity contribution in [3.05, 3.63) is 47.8 Å². The molecule has 7 nitrogen and oxygen atoms in total.